The van der Waals surface area contributed by atoms with Crippen molar-refractivity contribution in [3.05, 3.63) is 71.8 Å². The summed E-state index contributed by atoms with van der Waals surface area (Å²) < 4.78 is 23.9. The normalized spacial score (nSPS) is 18.8. The quantitative estimate of drug-likeness (QED) is 0.155. The monoisotopic (exact) mass is 774 g/mol. The molecule has 0 saturated carbocycles. The van der Waals surface area contributed by atoms with Crippen LogP contribution in [-0.2, 0) is 41.8 Å². The zero-order chi connectivity index (χ0) is 39.1. The van der Waals surface area contributed by atoms with Gasteiger partial charge >= 0.3 is 12.2 Å². The maximum absolute atomic E-state index is 15.0. The first-order valence-corrected chi connectivity index (χ1v) is 20.6. The number of nitrogens with one attached hydrogen (secondary N) is 2. The molecule has 0 bridgehead atoms. The lowest BCUT2D eigenvalue weighted by molar-refractivity contribution is -0.164. The average molecular weight is 775 g/mol. The van der Waals surface area contributed by atoms with Gasteiger partial charge < -0.3 is 35.3 Å². The van der Waals surface area contributed by atoms with Crippen LogP contribution in [0, 0.1) is 11.8 Å². The fourth-order valence-electron chi connectivity index (χ4n) is 5.90. The molecule has 0 spiro atoms. The molecule has 2 aromatic rings. The second-order valence-corrected chi connectivity index (χ2v) is 16.7. The van der Waals surface area contributed by atoms with Gasteiger partial charge in [0.05, 0.1) is 6.04 Å². The Kier molecular flexibility index (Phi) is 17.9. The molecule has 1 aliphatic rings. The molecule has 4 amide bonds. The predicted octanol–water partition coefficient (Wildman–Crippen LogP) is 5.97. The number of carbonyl (C=O) groups is 4. The van der Waals surface area contributed by atoms with Gasteiger partial charge in [-0.1, -0.05) is 102 Å². The molecule has 6 atom stereocenters. The molecule has 1 heterocycles. The molecular formula is C39H58N4O8S2. The number of nitrogens with two attached hydrogens (primary N) is 1. The third kappa shape index (κ3) is 13.5. The first-order chi connectivity index (χ1) is 25.2. The largest absolute Gasteiger partial charge is 0.445 e. The molecule has 53 heavy (non-hydrogen) atoms. The van der Waals surface area contributed by atoms with Crippen molar-refractivity contribution in [1.29, 1.82) is 0 Å². The zero-order valence-electron chi connectivity index (χ0n) is 32.2. The Bertz CT molecular complexity index is 1370. The van der Waals surface area contributed by atoms with Crippen LogP contribution in [0.25, 0.3) is 0 Å². The molecule has 1 fully saturated rings. The average Bonchev–Trinajstić information content (AvgIpc) is 3.46. The van der Waals surface area contributed by atoms with Gasteiger partial charge in [-0.25, -0.2) is 9.59 Å². The minimum Gasteiger partial charge on any atom is -0.445 e. The van der Waals surface area contributed by atoms with Crippen LogP contribution < -0.4 is 16.4 Å². The Morgan fingerprint density at radius 2 is 1.15 bits per heavy atom. The molecule has 1 aliphatic heterocycles. The molecule has 0 unspecified atom stereocenters. The molecule has 14 heteroatoms. The second kappa shape index (κ2) is 21.6. The lowest BCUT2D eigenvalue weighted by atomic mass is 9.95. The Hall–Kier alpha value is -3.30. The van der Waals surface area contributed by atoms with Crippen molar-refractivity contribution in [3.8, 4) is 0 Å². The first-order valence-electron chi connectivity index (χ1n) is 18.3. The minimum atomic E-state index is -1.17. The number of ether oxygens (including phenoxy) is 4. The van der Waals surface area contributed by atoms with Crippen LogP contribution in [0.15, 0.2) is 60.7 Å². The highest BCUT2D eigenvalue weighted by molar-refractivity contribution is 7.99. The number of thioether (sulfide) groups is 2. The van der Waals surface area contributed by atoms with Crippen LogP contribution >= 0.6 is 23.5 Å². The van der Waals surface area contributed by atoms with Gasteiger partial charge in [-0.05, 0) is 48.3 Å². The van der Waals surface area contributed by atoms with Crippen LogP contribution in [0.5, 0.6) is 0 Å². The second-order valence-electron chi connectivity index (χ2n) is 14.0. The Morgan fingerprint density at radius 1 is 0.736 bits per heavy atom. The highest BCUT2D eigenvalue weighted by Gasteiger charge is 2.52. The SMILES string of the molecule is CCSC[C@H](N)[C@H]1OC(C)(C)O[C@@H]1[C@H](CSCC)N(C(=O)[C@@H](NC(=O)OCc1ccccc1)C(C)C)C(=O)[C@@H](NC(=O)OCc1ccccc1)C(C)C. The van der Waals surface area contributed by atoms with Gasteiger partial charge in [-0.2, -0.15) is 23.5 Å². The van der Waals surface area contributed by atoms with Crippen molar-refractivity contribution in [2.45, 2.75) is 111 Å². The van der Waals surface area contributed by atoms with Crippen molar-refractivity contribution >= 4 is 47.5 Å². The van der Waals surface area contributed by atoms with E-state index in [9.17, 15) is 19.2 Å². The predicted molar refractivity (Wildman–Crippen MR) is 210 cm³/mol. The van der Waals surface area contributed by atoms with Gasteiger partial charge in [-0.15, -0.1) is 0 Å². The Balaban J connectivity index is 2.04. The van der Waals surface area contributed by atoms with E-state index >= 15 is 0 Å². The van der Waals surface area contributed by atoms with Crippen LogP contribution in [0.4, 0.5) is 9.59 Å². The molecule has 294 valence electrons. The van der Waals surface area contributed by atoms with E-state index in [2.05, 4.69) is 10.6 Å². The summed E-state index contributed by atoms with van der Waals surface area (Å²) in [5.74, 6) is -0.940. The fourth-order valence-corrected chi connectivity index (χ4v) is 7.41. The third-order valence-corrected chi connectivity index (χ3v) is 10.6. The third-order valence-electron chi connectivity index (χ3n) is 8.62. The lowest BCUT2D eigenvalue weighted by Crippen LogP contribution is -2.65. The molecule has 12 nitrogen and oxygen atoms in total. The molecular weight excluding hydrogens is 717 g/mol. The first kappa shape index (κ1) is 44.1. The van der Waals surface area contributed by atoms with Crippen molar-refractivity contribution in [3.63, 3.8) is 0 Å². The summed E-state index contributed by atoms with van der Waals surface area (Å²) in [5, 5.41) is 5.45. The molecule has 4 N–H and O–H groups in total. The van der Waals surface area contributed by atoms with Crippen LogP contribution in [0.2, 0.25) is 0 Å². The summed E-state index contributed by atoms with van der Waals surface area (Å²) in [6.45, 7) is 14.7. The topological polar surface area (TPSA) is 159 Å². The van der Waals surface area contributed by atoms with Gasteiger partial charge in [0.15, 0.2) is 5.79 Å². The van der Waals surface area contributed by atoms with Crippen LogP contribution in [0.1, 0.15) is 66.5 Å². The van der Waals surface area contributed by atoms with Crippen LogP contribution in [-0.4, -0.2) is 94.1 Å². The number of hydrogen-bond acceptors (Lipinski definition) is 11. The van der Waals surface area contributed by atoms with E-state index in [-0.39, 0.29) is 19.0 Å². The van der Waals surface area contributed by atoms with E-state index in [1.807, 2.05) is 74.5 Å². The number of imide groups is 1. The summed E-state index contributed by atoms with van der Waals surface area (Å²) in [6, 6.07) is 14.6. The van der Waals surface area contributed by atoms with Gasteiger partial charge in [0.2, 0.25) is 0 Å². The number of benzene rings is 2. The van der Waals surface area contributed by atoms with E-state index < -0.39 is 78.0 Å². The molecule has 1 saturated heterocycles. The molecule has 3 rings (SSSR count). The molecule has 0 aliphatic carbocycles. The van der Waals surface area contributed by atoms with Crippen molar-refractivity contribution < 1.29 is 38.1 Å². The minimum absolute atomic E-state index is 0.00774. The number of alkyl carbamates (subject to hydrolysis) is 2. The molecule has 2 aromatic carbocycles. The summed E-state index contributed by atoms with van der Waals surface area (Å²) in [4.78, 5) is 57.5. The van der Waals surface area contributed by atoms with Crippen LogP contribution in [0.3, 0.4) is 0 Å². The number of hydrogen-bond donors (Lipinski definition) is 3. The number of rotatable bonds is 19. The Morgan fingerprint density at radius 3 is 1.57 bits per heavy atom. The van der Waals surface area contributed by atoms with Crippen molar-refractivity contribution in [2.24, 2.45) is 17.6 Å². The van der Waals surface area contributed by atoms with Gasteiger partial charge in [-0.3, -0.25) is 14.5 Å². The molecule has 0 aromatic heterocycles. The number of amides is 4. The van der Waals surface area contributed by atoms with E-state index in [1.165, 1.54) is 11.8 Å². The summed E-state index contributed by atoms with van der Waals surface area (Å²) in [6.07, 6.45) is -3.11. The zero-order valence-corrected chi connectivity index (χ0v) is 33.9. The molecule has 0 radical (unpaired) electrons. The van der Waals surface area contributed by atoms with E-state index in [0.717, 1.165) is 21.8 Å². The van der Waals surface area contributed by atoms with E-state index in [0.29, 0.717) is 11.5 Å². The van der Waals surface area contributed by atoms with E-state index in [1.54, 1.807) is 53.3 Å². The van der Waals surface area contributed by atoms with Crippen molar-refractivity contribution in [2.75, 3.05) is 23.0 Å². The standard InChI is InChI=1S/C39H58N4O8S2/c1-9-52-23-29(40)33-34(51-39(7,8)50-33)30(24-53-10-2)43(35(44)31(25(3)4)41-37(46)48-21-27-17-13-11-14-18-27)36(45)32(26(5)6)42-38(47)49-22-28-19-15-12-16-20-28/h11-20,25-26,29-34H,9-10,21-24,40H2,1-8H3,(H,41,46)(H,42,47)/t29-,30-,31-,32-,33+,34+/m0/s1. The smallest absolute Gasteiger partial charge is 0.408 e. The van der Waals surface area contributed by atoms with Gasteiger partial charge in [0.1, 0.15) is 37.5 Å². The van der Waals surface area contributed by atoms with Gasteiger partial charge in [0, 0.05) is 17.5 Å². The summed E-state index contributed by atoms with van der Waals surface area (Å²) in [5.41, 5.74) is 8.29. The Labute approximate surface area is 323 Å². The summed E-state index contributed by atoms with van der Waals surface area (Å²) >= 11 is 3.18. The summed E-state index contributed by atoms with van der Waals surface area (Å²) in [7, 11) is 0. The fraction of sp³-hybridized carbons (Fsp3) is 0.590. The highest BCUT2D eigenvalue weighted by atomic mass is 32.2. The maximum Gasteiger partial charge on any atom is 0.408 e. The number of carbonyl (C=O) groups excluding carboxylic acids is 4. The van der Waals surface area contributed by atoms with E-state index in [4.69, 9.17) is 24.7 Å². The maximum atomic E-state index is 15.0. The number of nitrogens with zero attached hydrogens (tertiary/aromatic N) is 1. The van der Waals surface area contributed by atoms with Crippen molar-refractivity contribution in [1.82, 2.24) is 15.5 Å². The highest BCUT2D eigenvalue weighted by Crippen LogP contribution is 2.35. The lowest BCUT2D eigenvalue weighted by Gasteiger charge is -2.40. The van der Waals surface area contributed by atoms with Gasteiger partial charge in [0.25, 0.3) is 11.8 Å².